The molecule has 3 rings (SSSR count). The molecule has 2 aromatic rings. The smallest absolute Gasteiger partial charge is 0.239 e. The molecule has 0 bridgehead atoms. The highest BCUT2D eigenvalue weighted by Gasteiger charge is 2.41. The predicted octanol–water partition coefficient (Wildman–Crippen LogP) is 3.43. The number of halogens is 1. The number of hydrogen-bond donors (Lipinski definition) is 0. The van der Waals surface area contributed by atoms with Crippen LogP contribution in [0.25, 0.3) is 0 Å². The zero-order valence-corrected chi connectivity index (χ0v) is 14.8. The third kappa shape index (κ3) is 3.12. The molecule has 1 saturated heterocycles. The van der Waals surface area contributed by atoms with E-state index in [4.69, 9.17) is 11.6 Å². The minimum atomic E-state index is -0.413. The van der Waals surface area contributed by atoms with Crippen LogP contribution >= 0.6 is 22.9 Å². The van der Waals surface area contributed by atoms with Crippen molar-refractivity contribution in [3.05, 3.63) is 45.4 Å². The number of imide groups is 1. The second-order valence-electron chi connectivity index (χ2n) is 5.76. The molecule has 5 nitrogen and oxygen atoms in total. The fourth-order valence-corrected chi connectivity index (χ4v) is 3.87. The summed E-state index contributed by atoms with van der Waals surface area (Å²) in [6.45, 7) is 3.18. The summed E-state index contributed by atoms with van der Waals surface area (Å²) in [6, 6.07) is 7.23. The van der Waals surface area contributed by atoms with Crippen molar-refractivity contribution < 1.29 is 14.4 Å². The van der Waals surface area contributed by atoms with E-state index in [-0.39, 0.29) is 29.1 Å². The average molecular weight is 363 g/mol. The molecule has 24 heavy (non-hydrogen) atoms. The van der Waals surface area contributed by atoms with Gasteiger partial charge in [0.2, 0.25) is 11.8 Å². The second-order valence-corrected chi connectivity index (χ2v) is 7.37. The third-order valence-corrected chi connectivity index (χ3v) is 5.15. The van der Waals surface area contributed by atoms with Gasteiger partial charge < -0.3 is 0 Å². The predicted molar refractivity (Wildman–Crippen MR) is 92.6 cm³/mol. The Balaban J connectivity index is 1.82. The summed E-state index contributed by atoms with van der Waals surface area (Å²) in [5, 5.41) is 0.913. The number of amides is 2. The molecule has 0 saturated carbocycles. The van der Waals surface area contributed by atoms with E-state index in [1.165, 1.54) is 18.3 Å². The molecule has 0 aliphatic carbocycles. The molecule has 2 amide bonds. The fourth-order valence-electron chi connectivity index (χ4n) is 2.77. The van der Waals surface area contributed by atoms with Crippen molar-refractivity contribution >= 4 is 45.7 Å². The maximum Gasteiger partial charge on any atom is 0.239 e. The highest BCUT2D eigenvalue weighted by atomic mass is 35.5. The molecule has 0 spiro atoms. The molecule has 0 radical (unpaired) electrons. The Labute approximate surface area is 148 Å². The SMILES string of the molecule is CC(=O)c1nc(N2C(=O)C[C@H](Cc3ccc(Cl)cc3)C2=O)sc1C. The number of hydrogen-bond acceptors (Lipinski definition) is 5. The maximum atomic E-state index is 12.6. The van der Waals surface area contributed by atoms with Gasteiger partial charge in [-0.2, -0.15) is 0 Å². The quantitative estimate of drug-likeness (QED) is 0.617. The van der Waals surface area contributed by atoms with Gasteiger partial charge >= 0.3 is 0 Å². The molecule has 1 aliphatic rings. The normalized spacial score (nSPS) is 17.6. The summed E-state index contributed by atoms with van der Waals surface area (Å²) >= 11 is 7.05. The highest BCUT2D eigenvalue weighted by Crippen LogP contribution is 2.33. The lowest BCUT2D eigenvalue weighted by Crippen LogP contribution is -2.30. The van der Waals surface area contributed by atoms with E-state index in [9.17, 15) is 14.4 Å². The molecule has 0 N–H and O–H groups in total. The number of benzene rings is 1. The van der Waals surface area contributed by atoms with Crippen LogP contribution < -0.4 is 4.90 Å². The molecule has 7 heteroatoms. The van der Waals surface area contributed by atoms with E-state index >= 15 is 0 Å². The number of nitrogens with zero attached hydrogens (tertiary/aromatic N) is 2. The zero-order chi connectivity index (χ0) is 17.4. The van der Waals surface area contributed by atoms with E-state index in [0.29, 0.717) is 22.0 Å². The molecule has 1 aliphatic heterocycles. The number of carbonyl (C=O) groups is 3. The van der Waals surface area contributed by atoms with Crippen molar-refractivity contribution in [2.75, 3.05) is 4.90 Å². The number of rotatable bonds is 4. The molecular weight excluding hydrogens is 348 g/mol. The number of ketones is 1. The lowest BCUT2D eigenvalue weighted by Gasteiger charge is -2.11. The number of aryl methyl sites for hydroxylation is 1. The first-order valence-corrected chi connectivity index (χ1v) is 8.66. The van der Waals surface area contributed by atoms with Gasteiger partial charge in [-0.25, -0.2) is 9.88 Å². The van der Waals surface area contributed by atoms with Gasteiger partial charge in [-0.15, -0.1) is 11.3 Å². The summed E-state index contributed by atoms with van der Waals surface area (Å²) < 4.78 is 0. The van der Waals surface area contributed by atoms with Crippen molar-refractivity contribution in [3.63, 3.8) is 0 Å². The van der Waals surface area contributed by atoms with Gasteiger partial charge in [0.25, 0.3) is 0 Å². The van der Waals surface area contributed by atoms with E-state index in [1.807, 2.05) is 12.1 Å². The van der Waals surface area contributed by atoms with Gasteiger partial charge in [0.05, 0.1) is 5.92 Å². The minimum absolute atomic E-state index is 0.148. The summed E-state index contributed by atoms with van der Waals surface area (Å²) in [5.41, 5.74) is 1.27. The van der Waals surface area contributed by atoms with Crippen molar-refractivity contribution in [1.82, 2.24) is 4.98 Å². The van der Waals surface area contributed by atoms with Gasteiger partial charge in [0, 0.05) is 23.2 Å². The van der Waals surface area contributed by atoms with Crippen LogP contribution in [0.1, 0.15) is 34.3 Å². The fraction of sp³-hybridized carbons (Fsp3) is 0.294. The molecule has 0 unspecified atom stereocenters. The van der Waals surface area contributed by atoms with Crippen LogP contribution in [-0.4, -0.2) is 22.6 Å². The second kappa shape index (κ2) is 6.45. The Morgan fingerprint density at radius 1 is 1.33 bits per heavy atom. The first kappa shape index (κ1) is 16.8. The lowest BCUT2D eigenvalue weighted by atomic mass is 9.98. The van der Waals surface area contributed by atoms with E-state index in [1.54, 1.807) is 19.1 Å². The van der Waals surface area contributed by atoms with Crippen molar-refractivity contribution in [2.45, 2.75) is 26.7 Å². The number of aromatic nitrogens is 1. The molecular formula is C17H15ClN2O3S. The summed E-state index contributed by atoms with van der Waals surface area (Å²) in [7, 11) is 0. The standard InChI is InChI=1S/C17H15ClN2O3S/c1-9(21)15-10(2)24-17(19-15)20-14(22)8-12(16(20)23)7-11-3-5-13(18)6-4-11/h3-6,12H,7-8H2,1-2H3/t12-/m0/s1. The van der Waals surface area contributed by atoms with Crippen LogP contribution in [0.2, 0.25) is 5.02 Å². The van der Waals surface area contributed by atoms with Crippen molar-refractivity contribution in [1.29, 1.82) is 0 Å². The summed E-state index contributed by atoms with van der Waals surface area (Å²) in [6.07, 6.45) is 0.623. The number of Topliss-reactive ketones (excluding diaryl/α,β-unsaturated/α-hetero) is 1. The van der Waals surface area contributed by atoms with Crippen LogP contribution in [0.3, 0.4) is 0 Å². The third-order valence-electron chi connectivity index (χ3n) is 3.95. The Morgan fingerprint density at radius 3 is 2.58 bits per heavy atom. The molecule has 1 aromatic carbocycles. The van der Waals surface area contributed by atoms with Crippen LogP contribution in [0.5, 0.6) is 0 Å². The minimum Gasteiger partial charge on any atom is -0.293 e. The van der Waals surface area contributed by atoms with Crippen LogP contribution in [0.15, 0.2) is 24.3 Å². The first-order valence-electron chi connectivity index (χ1n) is 7.46. The summed E-state index contributed by atoms with van der Waals surface area (Å²) in [4.78, 5) is 42.5. The highest BCUT2D eigenvalue weighted by molar-refractivity contribution is 7.16. The summed E-state index contributed by atoms with van der Waals surface area (Å²) in [5.74, 6) is -1.13. The average Bonchev–Trinajstić information content (AvgIpc) is 3.02. The first-order chi connectivity index (χ1) is 11.4. The Bertz CT molecular complexity index is 829. The van der Waals surface area contributed by atoms with Crippen LogP contribution in [0, 0.1) is 12.8 Å². The van der Waals surface area contributed by atoms with Crippen LogP contribution in [-0.2, 0) is 16.0 Å². The van der Waals surface area contributed by atoms with Gasteiger partial charge in [0.15, 0.2) is 10.9 Å². The monoisotopic (exact) mass is 362 g/mol. The number of carbonyl (C=O) groups excluding carboxylic acids is 3. The number of thiazole rings is 1. The van der Waals surface area contributed by atoms with E-state index in [2.05, 4.69) is 4.98 Å². The van der Waals surface area contributed by atoms with Crippen molar-refractivity contribution in [2.24, 2.45) is 5.92 Å². The molecule has 1 fully saturated rings. The topological polar surface area (TPSA) is 67.3 Å². The van der Waals surface area contributed by atoms with Gasteiger partial charge in [-0.3, -0.25) is 14.4 Å². The largest absolute Gasteiger partial charge is 0.293 e. The van der Waals surface area contributed by atoms with Gasteiger partial charge in [-0.1, -0.05) is 23.7 Å². The van der Waals surface area contributed by atoms with Crippen molar-refractivity contribution in [3.8, 4) is 0 Å². The Hall–Kier alpha value is -2.05. The van der Waals surface area contributed by atoms with Gasteiger partial charge in [-0.05, 0) is 31.0 Å². The molecule has 1 aromatic heterocycles. The molecule has 124 valence electrons. The molecule has 1 atom stereocenters. The maximum absolute atomic E-state index is 12.6. The van der Waals surface area contributed by atoms with Crippen LogP contribution in [0.4, 0.5) is 5.13 Å². The molecule has 2 heterocycles. The van der Waals surface area contributed by atoms with E-state index in [0.717, 1.165) is 10.5 Å². The van der Waals surface area contributed by atoms with Gasteiger partial charge in [0.1, 0.15) is 5.69 Å². The number of anilines is 1. The van der Waals surface area contributed by atoms with E-state index < -0.39 is 5.92 Å². The lowest BCUT2D eigenvalue weighted by molar-refractivity contribution is -0.122. The Morgan fingerprint density at radius 2 is 2.00 bits per heavy atom. The Kier molecular flexibility index (Phi) is 4.51. The zero-order valence-electron chi connectivity index (χ0n) is 13.2.